The molecule has 1 amide bonds. The molecule has 7 nitrogen and oxygen atoms in total. The van der Waals surface area contributed by atoms with E-state index in [4.69, 9.17) is 0 Å². The molecule has 0 spiro atoms. The number of hydrogen-bond acceptors (Lipinski definition) is 4. The van der Waals surface area contributed by atoms with Crippen LogP contribution >= 0.6 is 0 Å². The standard InChI is InChI=1S/C25H25N5O2/c1-18-11-12-20(15-27-18)24(31)28-14-6-9-21(17-28)30-23-22(10-5-13-26-23)29(25(30)32)16-19-7-3-2-4-8-19/h2-5,7-8,10-13,15,21H,6,9,14,16-17H2,1H3/t21-/m0/s1. The molecule has 5 rings (SSSR count). The highest BCUT2D eigenvalue weighted by Crippen LogP contribution is 2.25. The van der Waals surface area contributed by atoms with Gasteiger partial charge in [-0.15, -0.1) is 0 Å². The molecule has 0 radical (unpaired) electrons. The fourth-order valence-electron chi connectivity index (χ4n) is 4.48. The summed E-state index contributed by atoms with van der Waals surface area (Å²) in [6, 6.07) is 17.3. The van der Waals surface area contributed by atoms with Gasteiger partial charge in [-0.25, -0.2) is 9.78 Å². The zero-order valence-electron chi connectivity index (χ0n) is 18.0. The zero-order chi connectivity index (χ0) is 22.1. The normalized spacial score (nSPS) is 16.4. The second kappa shape index (κ2) is 8.42. The number of nitrogens with zero attached hydrogens (tertiary/aromatic N) is 5. The summed E-state index contributed by atoms with van der Waals surface area (Å²) in [4.78, 5) is 37.2. The Bertz CT molecular complexity index is 1310. The topological polar surface area (TPSA) is 73.0 Å². The first-order chi connectivity index (χ1) is 15.6. The first kappa shape index (κ1) is 20.2. The van der Waals surface area contributed by atoms with E-state index in [0.717, 1.165) is 29.6 Å². The Morgan fingerprint density at radius 2 is 1.91 bits per heavy atom. The maximum atomic E-state index is 13.5. The fraction of sp³-hybridized carbons (Fsp3) is 0.280. The highest BCUT2D eigenvalue weighted by Gasteiger charge is 2.29. The Hall–Kier alpha value is -3.74. The van der Waals surface area contributed by atoms with Gasteiger partial charge in [0.1, 0.15) is 0 Å². The van der Waals surface area contributed by atoms with Gasteiger partial charge in [-0.3, -0.25) is 18.9 Å². The van der Waals surface area contributed by atoms with Crippen LogP contribution in [0.5, 0.6) is 0 Å². The lowest BCUT2D eigenvalue weighted by Gasteiger charge is -2.33. The van der Waals surface area contributed by atoms with Crippen molar-refractivity contribution in [1.82, 2.24) is 24.0 Å². The molecule has 4 aromatic rings. The van der Waals surface area contributed by atoms with E-state index < -0.39 is 0 Å². The van der Waals surface area contributed by atoms with Gasteiger partial charge in [-0.2, -0.15) is 0 Å². The average molecular weight is 428 g/mol. The van der Waals surface area contributed by atoms with Gasteiger partial charge in [0.25, 0.3) is 5.91 Å². The number of pyridine rings is 2. The quantitative estimate of drug-likeness (QED) is 0.500. The van der Waals surface area contributed by atoms with Crippen LogP contribution in [0.15, 0.2) is 71.8 Å². The summed E-state index contributed by atoms with van der Waals surface area (Å²) < 4.78 is 3.56. The van der Waals surface area contributed by atoms with E-state index in [1.54, 1.807) is 21.5 Å². The van der Waals surface area contributed by atoms with Crippen LogP contribution in [0.4, 0.5) is 0 Å². The molecule has 0 saturated carbocycles. The lowest BCUT2D eigenvalue weighted by Crippen LogP contribution is -2.43. The number of benzene rings is 1. The summed E-state index contributed by atoms with van der Waals surface area (Å²) in [5, 5.41) is 0. The van der Waals surface area contributed by atoms with E-state index in [9.17, 15) is 9.59 Å². The van der Waals surface area contributed by atoms with Crippen molar-refractivity contribution in [2.45, 2.75) is 32.4 Å². The minimum Gasteiger partial charge on any atom is -0.337 e. The van der Waals surface area contributed by atoms with Crippen LogP contribution in [-0.4, -0.2) is 43.0 Å². The lowest BCUT2D eigenvalue weighted by atomic mass is 10.0. The molecular formula is C25H25N5O2. The second-order valence-corrected chi connectivity index (χ2v) is 8.31. The molecule has 4 heterocycles. The smallest absolute Gasteiger partial charge is 0.330 e. The lowest BCUT2D eigenvalue weighted by molar-refractivity contribution is 0.0678. The summed E-state index contributed by atoms with van der Waals surface area (Å²) in [5.74, 6) is -0.0452. The molecule has 1 fully saturated rings. The molecule has 0 unspecified atom stereocenters. The highest BCUT2D eigenvalue weighted by molar-refractivity contribution is 5.94. The number of carbonyl (C=O) groups is 1. The Kier molecular flexibility index (Phi) is 5.31. The van der Waals surface area contributed by atoms with Gasteiger partial charge in [-0.05, 0) is 49.6 Å². The van der Waals surface area contributed by atoms with Gasteiger partial charge in [0, 0.05) is 31.2 Å². The van der Waals surface area contributed by atoms with Crippen LogP contribution in [0.25, 0.3) is 11.2 Å². The number of aromatic nitrogens is 4. The summed E-state index contributed by atoms with van der Waals surface area (Å²) >= 11 is 0. The number of piperidine rings is 1. The summed E-state index contributed by atoms with van der Waals surface area (Å²) in [6.45, 7) is 3.54. The van der Waals surface area contributed by atoms with Crippen LogP contribution < -0.4 is 5.69 Å². The minimum atomic E-state index is -0.118. The van der Waals surface area contributed by atoms with E-state index in [1.807, 2.05) is 66.4 Å². The molecule has 0 aliphatic carbocycles. The summed E-state index contributed by atoms with van der Waals surface area (Å²) in [6.07, 6.45) is 5.01. The molecule has 32 heavy (non-hydrogen) atoms. The number of imidazole rings is 1. The monoisotopic (exact) mass is 427 g/mol. The maximum Gasteiger partial charge on any atom is 0.330 e. The highest BCUT2D eigenvalue weighted by atomic mass is 16.2. The summed E-state index contributed by atoms with van der Waals surface area (Å²) in [5.41, 5.74) is 3.91. The van der Waals surface area contributed by atoms with Crippen molar-refractivity contribution in [2.75, 3.05) is 13.1 Å². The van der Waals surface area contributed by atoms with Crippen molar-refractivity contribution < 1.29 is 4.79 Å². The van der Waals surface area contributed by atoms with Crippen LogP contribution in [0.1, 0.15) is 40.5 Å². The number of fused-ring (bicyclic) bond motifs is 1. The molecule has 1 aliphatic rings. The van der Waals surface area contributed by atoms with Crippen molar-refractivity contribution in [3.05, 3.63) is 94.3 Å². The third-order valence-corrected chi connectivity index (χ3v) is 6.11. The second-order valence-electron chi connectivity index (χ2n) is 8.31. The van der Waals surface area contributed by atoms with E-state index in [0.29, 0.717) is 30.8 Å². The van der Waals surface area contributed by atoms with Gasteiger partial charge >= 0.3 is 5.69 Å². The largest absolute Gasteiger partial charge is 0.337 e. The SMILES string of the molecule is Cc1ccc(C(=O)N2CCC[C@H](n3c(=O)n(Cc4ccccc4)c4cccnc43)C2)cn1. The molecule has 3 aromatic heterocycles. The Morgan fingerprint density at radius 3 is 2.69 bits per heavy atom. The molecule has 162 valence electrons. The molecule has 1 atom stereocenters. The Balaban J connectivity index is 1.49. The zero-order valence-corrected chi connectivity index (χ0v) is 18.0. The number of hydrogen-bond donors (Lipinski definition) is 0. The number of carbonyl (C=O) groups excluding carboxylic acids is 1. The van der Waals surface area contributed by atoms with E-state index in [2.05, 4.69) is 9.97 Å². The van der Waals surface area contributed by atoms with Crippen LogP contribution in [0.2, 0.25) is 0 Å². The van der Waals surface area contributed by atoms with Crippen molar-refractivity contribution in [3.8, 4) is 0 Å². The molecule has 1 aliphatic heterocycles. The van der Waals surface area contributed by atoms with Gasteiger partial charge in [0.15, 0.2) is 5.65 Å². The van der Waals surface area contributed by atoms with Crippen molar-refractivity contribution in [1.29, 1.82) is 0 Å². The summed E-state index contributed by atoms with van der Waals surface area (Å²) in [7, 11) is 0. The predicted octanol–water partition coefficient (Wildman–Crippen LogP) is 3.43. The van der Waals surface area contributed by atoms with E-state index >= 15 is 0 Å². The van der Waals surface area contributed by atoms with Gasteiger partial charge < -0.3 is 4.90 Å². The number of rotatable bonds is 4. The first-order valence-electron chi connectivity index (χ1n) is 10.9. The minimum absolute atomic E-state index is 0.0452. The molecular weight excluding hydrogens is 402 g/mol. The van der Waals surface area contributed by atoms with Gasteiger partial charge in [0.05, 0.1) is 23.7 Å². The number of aryl methyl sites for hydroxylation is 1. The van der Waals surface area contributed by atoms with E-state index in [-0.39, 0.29) is 17.6 Å². The molecule has 0 N–H and O–H groups in total. The van der Waals surface area contributed by atoms with Crippen molar-refractivity contribution in [3.63, 3.8) is 0 Å². The third kappa shape index (κ3) is 3.70. The Morgan fingerprint density at radius 1 is 1.06 bits per heavy atom. The number of likely N-dealkylation sites (tertiary alicyclic amines) is 1. The fourth-order valence-corrected chi connectivity index (χ4v) is 4.48. The van der Waals surface area contributed by atoms with Gasteiger partial charge in [-0.1, -0.05) is 30.3 Å². The Labute approximate surface area is 186 Å². The molecule has 0 bridgehead atoms. The van der Waals surface area contributed by atoms with Gasteiger partial charge in [0.2, 0.25) is 0 Å². The first-order valence-corrected chi connectivity index (χ1v) is 10.9. The van der Waals surface area contributed by atoms with E-state index in [1.165, 1.54) is 0 Å². The average Bonchev–Trinajstić information content (AvgIpc) is 3.11. The molecule has 7 heteroatoms. The van der Waals surface area contributed by atoms with Crippen molar-refractivity contribution >= 4 is 17.1 Å². The van der Waals surface area contributed by atoms with Crippen LogP contribution in [0.3, 0.4) is 0 Å². The van der Waals surface area contributed by atoms with Crippen LogP contribution in [0, 0.1) is 6.92 Å². The molecule has 1 saturated heterocycles. The predicted molar refractivity (Wildman–Crippen MR) is 123 cm³/mol. The van der Waals surface area contributed by atoms with Crippen LogP contribution in [-0.2, 0) is 6.54 Å². The number of amides is 1. The van der Waals surface area contributed by atoms with Crippen molar-refractivity contribution in [2.24, 2.45) is 0 Å². The maximum absolute atomic E-state index is 13.5. The molecule has 1 aromatic carbocycles. The third-order valence-electron chi connectivity index (χ3n) is 6.11.